The minimum absolute atomic E-state index is 0.0120. The highest BCUT2D eigenvalue weighted by molar-refractivity contribution is 14.1. The maximum atomic E-state index is 12.7. The lowest BCUT2D eigenvalue weighted by Crippen LogP contribution is -2.56. The molecule has 0 heterocycles. The van der Waals surface area contributed by atoms with Gasteiger partial charge in [0.25, 0.3) is 0 Å². The zero-order valence-electron chi connectivity index (χ0n) is 17.2. The second-order valence-electron chi connectivity index (χ2n) is 6.80. The van der Waals surface area contributed by atoms with Crippen LogP contribution in [0.3, 0.4) is 0 Å². The minimum Gasteiger partial charge on any atom is -0.467 e. The highest BCUT2D eigenvalue weighted by Crippen LogP contribution is 2.14. The van der Waals surface area contributed by atoms with Gasteiger partial charge in [0, 0.05) is 9.99 Å². The number of amides is 2. The third kappa shape index (κ3) is 7.83. The van der Waals surface area contributed by atoms with E-state index in [4.69, 9.17) is 9.47 Å². The van der Waals surface area contributed by atoms with Crippen LogP contribution >= 0.6 is 22.6 Å². The standard InChI is InChI=1S/C22H25IN2O6/c1-14(26)19(25-22(29)31-13-15-8-4-3-5-9-15)20(27)24-18(21(28)30-2)12-16-10-6-7-11-17(16)23/h3-11,14,18-19,26H,12-13H2,1-2H3,(H,24,27)(H,25,29)/t14-,18-,19+/m1/s1. The zero-order chi connectivity index (χ0) is 22.8. The molecule has 0 aliphatic carbocycles. The van der Waals surface area contributed by atoms with Gasteiger partial charge in [-0.1, -0.05) is 48.5 Å². The van der Waals surface area contributed by atoms with Gasteiger partial charge in [-0.15, -0.1) is 0 Å². The molecular formula is C22H25IN2O6. The molecular weight excluding hydrogens is 515 g/mol. The fourth-order valence-corrected chi connectivity index (χ4v) is 3.39. The van der Waals surface area contributed by atoms with Crippen molar-refractivity contribution in [2.75, 3.05) is 7.11 Å². The van der Waals surface area contributed by atoms with Crippen molar-refractivity contribution in [2.24, 2.45) is 0 Å². The van der Waals surface area contributed by atoms with Crippen molar-refractivity contribution >= 4 is 40.6 Å². The van der Waals surface area contributed by atoms with E-state index in [0.29, 0.717) is 0 Å². The molecule has 0 aliphatic heterocycles. The molecule has 31 heavy (non-hydrogen) atoms. The quantitative estimate of drug-likeness (QED) is 0.332. The van der Waals surface area contributed by atoms with Crippen molar-refractivity contribution < 1.29 is 29.0 Å². The summed E-state index contributed by atoms with van der Waals surface area (Å²) in [6.45, 7) is 1.37. The van der Waals surface area contributed by atoms with Crippen LogP contribution in [0.5, 0.6) is 0 Å². The van der Waals surface area contributed by atoms with Gasteiger partial charge < -0.3 is 25.2 Å². The van der Waals surface area contributed by atoms with Gasteiger partial charge in [0.05, 0.1) is 13.2 Å². The fraction of sp³-hybridized carbons (Fsp3) is 0.318. The first kappa shape index (κ1) is 24.6. The Labute approximate surface area is 194 Å². The lowest BCUT2D eigenvalue weighted by Gasteiger charge is -2.24. The van der Waals surface area contributed by atoms with Crippen LogP contribution in [0.25, 0.3) is 0 Å². The highest BCUT2D eigenvalue weighted by Gasteiger charge is 2.31. The molecule has 0 aromatic heterocycles. The first-order valence-corrected chi connectivity index (χ1v) is 10.7. The van der Waals surface area contributed by atoms with E-state index in [1.54, 1.807) is 12.1 Å². The Morgan fingerprint density at radius 2 is 1.68 bits per heavy atom. The topological polar surface area (TPSA) is 114 Å². The number of rotatable bonds is 9. The summed E-state index contributed by atoms with van der Waals surface area (Å²) in [5, 5.41) is 14.9. The Hall–Kier alpha value is -2.66. The van der Waals surface area contributed by atoms with Crippen LogP contribution < -0.4 is 10.6 Å². The van der Waals surface area contributed by atoms with Crippen molar-refractivity contribution in [2.45, 2.75) is 38.1 Å². The number of carbonyl (C=O) groups excluding carboxylic acids is 3. The summed E-state index contributed by atoms with van der Waals surface area (Å²) >= 11 is 2.14. The molecule has 8 nitrogen and oxygen atoms in total. The summed E-state index contributed by atoms with van der Waals surface area (Å²) in [4.78, 5) is 37.1. The van der Waals surface area contributed by atoms with E-state index in [-0.39, 0.29) is 13.0 Å². The molecule has 0 fully saturated rings. The van der Waals surface area contributed by atoms with Gasteiger partial charge in [-0.2, -0.15) is 0 Å². The van der Waals surface area contributed by atoms with Crippen molar-refractivity contribution in [3.05, 3.63) is 69.3 Å². The first-order valence-electron chi connectivity index (χ1n) is 9.58. The van der Waals surface area contributed by atoms with E-state index >= 15 is 0 Å². The molecule has 3 N–H and O–H groups in total. The zero-order valence-corrected chi connectivity index (χ0v) is 19.4. The minimum atomic E-state index is -1.31. The number of hydrogen-bond acceptors (Lipinski definition) is 6. The molecule has 2 aromatic rings. The van der Waals surface area contributed by atoms with E-state index in [1.165, 1.54) is 14.0 Å². The number of aliphatic hydroxyl groups excluding tert-OH is 1. The van der Waals surface area contributed by atoms with Gasteiger partial charge in [-0.05, 0) is 46.7 Å². The van der Waals surface area contributed by atoms with Gasteiger partial charge in [-0.25, -0.2) is 9.59 Å². The molecule has 2 rings (SSSR count). The molecule has 0 saturated carbocycles. The van der Waals surface area contributed by atoms with Gasteiger partial charge in [0.2, 0.25) is 5.91 Å². The van der Waals surface area contributed by atoms with Crippen LogP contribution in [0.2, 0.25) is 0 Å². The number of esters is 1. The smallest absolute Gasteiger partial charge is 0.408 e. The fourth-order valence-electron chi connectivity index (χ4n) is 2.78. The summed E-state index contributed by atoms with van der Waals surface area (Å²) in [6.07, 6.45) is -1.89. The molecule has 0 aliphatic rings. The Morgan fingerprint density at radius 1 is 1.03 bits per heavy atom. The summed E-state index contributed by atoms with van der Waals surface area (Å²) in [5.74, 6) is -1.36. The lowest BCUT2D eigenvalue weighted by atomic mass is 10.0. The number of ether oxygens (including phenoxy) is 2. The molecule has 9 heteroatoms. The molecule has 0 unspecified atom stereocenters. The normalized spacial score (nSPS) is 13.4. The number of hydrogen-bond donors (Lipinski definition) is 3. The molecule has 166 valence electrons. The Kier molecular flexibility index (Phi) is 9.73. The van der Waals surface area contributed by atoms with Gasteiger partial charge in [0.15, 0.2) is 0 Å². The summed E-state index contributed by atoms with van der Waals surface area (Å²) in [5.41, 5.74) is 1.63. The summed E-state index contributed by atoms with van der Waals surface area (Å²) in [6, 6.07) is 14.2. The monoisotopic (exact) mass is 540 g/mol. The van der Waals surface area contributed by atoms with Crippen molar-refractivity contribution in [3.63, 3.8) is 0 Å². The average molecular weight is 540 g/mol. The van der Waals surface area contributed by atoms with Gasteiger partial charge in [-0.3, -0.25) is 4.79 Å². The predicted octanol–water partition coefficient (Wildman–Crippen LogP) is 2.17. The van der Waals surface area contributed by atoms with Crippen LogP contribution in [0.1, 0.15) is 18.1 Å². The number of alkyl carbamates (subject to hydrolysis) is 1. The molecule has 0 saturated heterocycles. The van der Waals surface area contributed by atoms with E-state index in [2.05, 4.69) is 33.2 Å². The number of carbonyl (C=O) groups is 3. The van der Waals surface area contributed by atoms with E-state index in [9.17, 15) is 19.5 Å². The number of nitrogens with one attached hydrogen (secondary N) is 2. The maximum Gasteiger partial charge on any atom is 0.408 e. The van der Waals surface area contributed by atoms with Crippen molar-refractivity contribution in [1.29, 1.82) is 0 Å². The number of methoxy groups -OCH3 is 1. The van der Waals surface area contributed by atoms with Crippen molar-refractivity contribution in [3.8, 4) is 0 Å². The first-order chi connectivity index (χ1) is 14.8. The third-order valence-electron chi connectivity index (χ3n) is 4.44. The molecule has 0 spiro atoms. The SMILES string of the molecule is COC(=O)[C@@H](Cc1ccccc1I)NC(=O)[C@@H](NC(=O)OCc1ccccc1)[C@@H](C)O. The molecule has 2 aromatic carbocycles. The van der Waals surface area contributed by atoms with E-state index < -0.39 is 36.2 Å². The number of halogens is 1. The van der Waals surface area contributed by atoms with Gasteiger partial charge in [0.1, 0.15) is 18.7 Å². The van der Waals surface area contributed by atoms with Crippen LogP contribution in [0, 0.1) is 3.57 Å². The Balaban J connectivity index is 2.03. The van der Waals surface area contributed by atoms with Crippen LogP contribution in [-0.4, -0.2) is 48.4 Å². The molecule has 3 atom stereocenters. The second-order valence-corrected chi connectivity index (χ2v) is 7.97. The third-order valence-corrected chi connectivity index (χ3v) is 5.49. The van der Waals surface area contributed by atoms with Gasteiger partial charge >= 0.3 is 12.1 Å². The van der Waals surface area contributed by atoms with Crippen LogP contribution in [-0.2, 0) is 32.1 Å². The van der Waals surface area contributed by atoms with E-state index in [0.717, 1.165) is 14.7 Å². The number of benzene rings is 2. The second kappa shape index (κ2) is 12.3. The highest BCUT2D eigenvalue weighted by atomic mass is 127. The maximum absolute atomic E-state index is 12.7. The largest absolute Gasteiger partial charge is 0.467 e. The average Bonchev–Trinajstić information content (AvgIpc) is 2.76. The number of aliphatic hydroxyl groups is 1. The predicted molar refractivity (Wildman–Crippen MR) is 122 cm³/mol. The molecule has 2 amide bonds. The molecule has 0 radical (unpaired) electrons. The summed E-state index contributed by atoms with van der Waals surface area (Å²) < 4.78 is 10.8. The molecule has 0 bridgehead atoms. The van der Waals surface area contributed by atoms with Crippen molar-refractivity contribution in [1.82, 2.24) is 10.6 Å². The Morgan fingerprint density at radius 3 is 2.29 bits per heavy atom. The summed E-state index contributed by atoms with van der Waals surface area (Å²) in [7, 11) is 1.22. The van der Waals surface area contributed by atoms with E-state index in [1.807, 2.05) is 42.5 Å². The van der Waals surface area contributed by atoms with Crippen LogP contribution in [0.4, 0.5) is 4.79 Å². The lowest BCUT2D eigenvalue weighted by molar-refractivity contribution is -0.145. The van der Waals surface area contributed by atoms with Crippen LogP contribution in [0.15, 0.2) is 54.6 Å². The Bertz CT molecular complexity index is 891.